The number of hydrogen-bond donors (Lipinski definition) is 2. The smallest absolute Gasteiger partial charge is 0.421 e. The van der Waals surface area contributed by atoms with Gasteiger partial charge in [-0.2, -0.15) is 18.3 Å². The fourth-order valence-corrected chi connectivity index (χ4v) is 2.78. The number of aromatic nitrogens is 1. The maximum Gasteiger partial charge on any atom is 0.421 e. The first-order chi connectivity index (χ1) is 12.8. The number of rotatable bonds is 4. The van der Waals surface area contributed by atoms with Gasteiger partial charge < -0.3 is 10.1 Å². The molecule has 1 aromatic heterocycles. The highest BCUT2D eigenvalue weighted by molar-refractivity contribution is 6.05. The van der Waals surface area contributed by atoms with Crippen LogP contribution in [0, 0.1) is 5.92 Å². The molecule has 6 nitrogen and oxygen atoms in total. The summed E-state index contributed by atoms with van der Waals surface area (Å²) in [6.45, 7) is 1.91. The number of methoxy groups -OCH3 is 1. The summed E-state index contributed by atoms with van der Waals surface area (Å²) in [4.78, 5) is 15.0. The summed E-state index contributed by atoms with van der Waals surface area (Å²) in [5.41, 5.74) is 3.87. The zero-order valence-electron chi connectivity index (χ0n) is 14.6. The first-order valence-corrected chi connectivity index (χ1v) is 8.13. The van der Waals surface area contributed by atoms with Gasteiger partial charge in [-0.15, -0.1) is 0 Å². The first-order valence-electron chi connectivity index (χ1n) is 8.13. The number of benzene rings is 1. The van der Waals surface area contributed by atoms with Gasteiger partial charge in [-0.25, -0.2) is 10.4 Å². The Morgan fingerprint density at radius 3 is 2.52 bits per heavy atom. The van der Waals surface area contributed by atoms with Crippen LogP contribution in [0.4, 0.5) is 24.5 Å². The highest BCUT2D eigenvalue weighted by atomic mass is 19.4. The van der Waals surface area contributed by atoms with Crippen molar-refractivity contribution >= 4 is 23.0 Å². The summed E-state index contributed by atoms with van der Waals surface area (Å²) in [6.07, 6.45) is -2.94. The Morgan fingerprint density at radius 1 is 1.22 bits per heavy atom. The molecule has 0 bridgehead atoms. The number of amides is 1. The van der Waals surface area contributed by atoms with Crippen LogP contribution >= 0.6 is 0 Å². The number of halogens is 3. The van der Waals surface area contributed by atoms with Gasteiger partial charge in [0.25, 0.3) is 0 Å². The van der Waals surface area contributed by atoms with Crippen LogP contribution < -0.4 is 15.5 Å². The lowest BCUT2D eigenvalue weighted by molar-refractivity contribution is -0.139. The Kier molecular flexibility index (Phi) is 5.02. The second kappa shape index (κ2) is 7.26. The fraction of sp³-hybridized carbons (Fsp3) is 0.278. The van der Waals surface area contributed by atoms with Gasteiger partial charge in [0.15, 0.2) is 0 Å². The van der Waals surface area contributed by atoms with E-state index >= 15 is 0 Å². The van der Waals surface area contributed by atoms with Crippen LogP contribution in [0.25, 0.3) is 0 Å². The van der Waals surface area contributed by atoms with E-state index in [1.807, 2.05) is 6.92 Å². The zero-order chi connectivity index (χ0) is 19.6. The number of ether oxygens (including phenoxy) is 1. The van der Waals surface area contributed by atoms with Crippen LogP contribution in [0.5, 0.6) is 5.88 Å². The van der Waals surface area contributed by atoms with Gasteiger partial charge in [0.2, 0.25) is 11.8 Å². The number of carbonyl (C=O) groups is 1. The van der Waals surface area contributed by atoms with Crippen molar-refractivity contribution in [3.63, 3.8) is 0 Å². The normalized spacial score (nSPS) is 17.1. The van der Waals surface area contributed by atoms with Crippen molar-refractivity contribution in [3.8, 4) is 5.88 Å². The monoisotopic (exact) mass is 378 g/mol. The molecule has 0 spiro atoms. The van der Waals surface area contributed by atoms with E-state index in [4.69, 9.17) is 0 Å². The molecule has 2 heterocycles. The van der Waals surface area contributed by atoms with Gasteiger partial charge in [-0.3, -0.25) is 4.79 Å². The lowest BCUT2D eigenvalue weighted by Gasteiger charge is -2.19. The highest BCUT2D eigenvalue weighted by Gasteiger charge is 2.35. The Labute approximate surface area is 153 Å². The third-order valence-corrected chi connectivity index (χ3v) is 4.08. The average molecular weight is 378 g/mol. The van der Waals surface area contributed by atoms with E-state index in [-0.39, 0.29) is 17.5 Å². The molecule has 1 aliphatic rings. The summed E-state index contributed by atoms with van der Waals surface area (Å²) < 4.78 is 43.9. The maximum absolute atomic E-state index is 13.1. The van der Waals surface area contributed by atoms with E-state index in [0.29, 0.717) is 12.1 Å². The predicted octanol–water partition coefficient (Wildman–Crippen LogP) is 3.71. The van der Waals surface area contributed by atoms with E-state index in [2.05, 4.69) is 25.6 Å². The van der Waals surface area contributed by atoms with Crippen LogP contribution in [0.1, 0.15) is 24.5 Å². The van der Waals surface area contributed by atoms with E-state index < -0.39 is 17.6 Å². The maximum atomic E-state index is 13.1. The Hall–Kier alpha value is -3.10. The molecule has 0 saturated heterocycles. The van der Waals surface area contributed by atoms with Gasteiger partial charge in [0.05, 0.1) is 24.7 Å². The van der Waals surface area contributed by atoms with E-state index in [1.54, 1.807) is 24.3 Å². The van der Waals surface area contributed by atoms with Gasteiger partial charge in [0, 0.05) is 18.0 Å². The van der Waals surface area contributed by atoms with Gasteiger partial charge >= 0.3 is 6.18 Å². The topological polar surface area (TPSA) is 75.6 Å². The number of pyridine rings is 1. The minimum absolute atomic E-state index is 0.0160. The van der Waals surface area contributed by atoms with Crippen molar-refractivity contribution in [1.29, 1.82) is 0 Å². The Bertz CT molecular complexity index is 879. The SMILES string of the molecule is COc1ncc(Nc2ccc(C3=NNC(=O)CC3C)cc2)cc1C(F)(F)F. The predicted molar refractivity (Wildman–Crippen MR) is 94.0 cm³/mol. The number of carbonyl (C=O) groups excluding carboxylic acids is 1. The molecular formula is C18H17F3N4O2. The molecule has 27 heavy (non-hydrogen) atoms. The molecule has 1 amide bonds. The first kappa shape index (κ1) is 18.7. The van der Waals surface area contributed by atoms with Crippen LogP contribution in [0.15, 0.2) is 41.6 Å². The number of hydrazone groups is 1. The van der Waals surface area contributed by atoms with E-state index in [9.17, 15) is 18.0 Å². The molecule has 1 unspecified atom stereocenters. The molecule has 1 aromatic carbocycles. The van der Waals surface area contributed by atoms with Crippen LogP contribution in [0.3, 0.4) is 0 Å². The molecule has 2 N–H and O–H groups in total. The molecule has 9 heteroatoms. The number of nitrogens with zero attached hydrogens (tertiary/aromatic N) is 2. The van der Waals surface area contributed by atoms with Crippen LogP contribution in [-0.2, 0) is 11.0 Å². The second-order valence-corrected chi connectivity index (χ2v) is 6.12. The highest BCUT2D eigenvalue weighted by Crippen LogP contribution is 2.36. The lowest BCUT2D eigenvalue weighted by atomic mass is 9.94. The van der Waals surface area contributed by atoms with Gasteiger partial charge in [0.1, 0.15) is 5.56 Å². The average Bonchev–Trinajstić information content (AvgIpc) is 2.62. The molecule has 1 aliphatic heterocycles. The summed E-state index contributed by atoms with van der Waals surface area (Å²) in [6, 6.07) is 7.97. The minimum Gasteiger partial charge on any atom is -0.481 e. The Balaban J connectivity index is 1.80. The minimum atomic E-state index is -4.57. The standard InChI is InChI=1S/C18H17F3N4O2/c1-10-7-15(26)24-25-16(10)11-3-5-12(6-4-11)23-13-8-14(18(19,20)21)17(27-2)22-9-13/h3-6,8-10,23H,7H2,1-2H3,(H,24,26). The van der Waals surface area contributed by atoms with E-state index in [0.717, 1.165) is 24.5 Å². The van der Waals surface area contributed by atoms with Crippen LogP contribution in [0.2, 0.25) is 0 Å². The molecule has 0 saturated carbocycles. The van der Waals surface area contributed by atoms with E-state index in [1.165, 1.54) is 6.20 Å². The van der Waals surface area contributed by atoms with Crippen molar-refractivity contribution in [1.82, 2.24) is 10.4 Å². The number of hydrogen-bond acceptors (Lipinski definition) is 5. The number of anilines is 2. The summed E-state index contributed by atoms with van der Waals surface area (Å²) in [5, 5.41) is 6.97. The molecule has 0 radical (unpaired) electrons. The summed E-state index contributed by atoms with van der Waals surface area (Å²) >= 11 is 0. The van der Waals surface area contributed by atoms with Crippen molar-refractivity contribution in [2.45, 2.75) is 19.5 Å². The third-order valence-electron chi connectivity index (χ3n) is 4.08. The van der Waals surface area contributed by atoms with Crippen LogP contribution in [-0.4, -0.2) is 23.7 Å². The summed E-state index contributed by atoms with van der Waals surface area (Å²) in [7, 11) is 1.14. The van der Waals surface area contributed by atoms with Crippen molar-refractivity contribution in [2.75, 3.05) is 12.4 Å². The van der Waals surface area contributed by atoms with Crippen molar-refractivity contribution in [3.05, 3.63) is 47.7 Å². The molecule has 142 valence electrons. The molecule has 2 aromatic rings. The Morgan fingerprint density at radius 2 is 1.93 bits per heavy atom. The van der Waals surface area contributed by atoms with Crippen molar-refractivity contribution in [2.24, 2.45) is 11.0 Å². The number of nitrogens with one attached hydrogen (secondary N) is 2. The molecule has 0 aliphatic carbocycles. The molecule has 1 atom stereocenters. The fourth-order valence-electron chi connectivity index (χ4n) is 2.78. The van der Waals surface area contributed by atoms with Crippen molar-refractivity contribution < 1.29 is 22.7 Å². The number of alkyl halides is 3. The van der Waals surface area contributed by atoms with Gasteiger partial charge in [-0.05, 0) is 23.8 Å². The largest absolute Gasteiger partial charge is 0.481 e. The molecule has 0 fully saturated rings. The quantitative estimate of drug-likeness (QED) is 0.850. The molecular weight excluding hydrogens is 361 g/mol. The summed E-state index contributed by atoms with van der Waals surface area (Å²) in [5.74, 6) is -0.621. The molecule has 3 rings (SSSR count). The third kappa shape index (κ3) is 4.18. The second-order valence-electron chi connectivity index (χ2n) is 6.12. The zero-order valence-corrected chi connectivity index (χ0v) is 14.6. The lowest BCUT2D eigenvalue weighted by Crippen LogP contribution is -2.31. The van der Waals surface area contributed by atoms with Gasteiger partial charge in [-0.1, -0.05) is 19.1 Å².